The first-order chi connectivity index (χ1) is 15.9. The van der Waals surface area contributed by atoms with Gasteiger partial charge in [0.15, 0.2) is 0 Å². The standard InChI is InChI=1S/C25H39N5O3/c1-15(14-32-5)28-25-27-13-22-23(29-25)21(18-6-8-19(31)9-7-18)12-26-24(22)33-20-10-16(2)30(4)17(3)11-20/h12-13,15-20,31H,6-11,14H2,1-5H3,(H,27,28,29)/t15-,16+,17+,18?,19?/m0/s1. The van der Waals surface area contributed by atoms with E-state index >= 15 is 0 Å². The minimum Gasteiger partial charge on any atom is -0.474 e. The molecule has 0 spiro atoms. The van der Waals surface area contributed by atoms with Crippen LogP contribution in [0.2, 0.25) is 0 Å². The summed E-state index contributed by atoms with van der Waals surface area (Å²) in [5, 5.41) is 14.2. The van der Waals surface area contributed by atoms with E-state index in [9.17, 15) is 5.11 Å². The number of rotatable bonds is 7. The minimum atomic E-state index is -0.196. The third kappa shape index (κ3) is 5.55. The number of aliphatic hydroxyl groups excluding tert-OH is 1. The van der Waals surface area contributed by atoms with E-state index in [-0.39, 0.29) is 18.2 Å². The van der Waals surface area contributed by atoms with Crippen LogP contribution in [-0.4, -0.2) is 76.1 Å². The molecule has 2 aliphatic rings. The van der Waals surface area contributed by atoms with Crippen molar-refractivity contribution in [2.75, 3.05) is 26.1 Å². The van der Waals surface area contributed by atoms with Crippen LogP contribution in [0.15, 0.2) is 12.4 Å². The molecule has 2 N–H and O–H groups in total. The number of aliphatic hydroxyl groups is 1. The first kappa shape index (κ1) is 24.1. The first-order valence-electron chi connectivity index (χ1n) is 12.3. The summed E-state index contributed by atoms with van der Waals surface area (Å²) in [5.74, 6) is 1.54. The molecular formula is C25H39N5O3. The first-order valence-corrected chi connectivity index (χ1v) is 12.3. The van der Waals surface area contributed by atoms with Gasteiger partial charge in [0.1, 0.15) is 6.10 Å². The predicted octanol–water partition coefficient (Wildman–Crippen LogP) is 3.74. The molecule has 1 saturated carbocycles. The second kappa shape index (κ2) is 10.5. The molecule has 1 aliphatic heterocycles. The Kier molecular flexibility index (Phi) is 7.66. The number of ether oxygens (including phenoxy) is 2. The quantitative estimate of drug-likeness (QED) is 0.650. The molecule has 0 amide bonds. The monoisotopic (exact) mass is 457 g/mol. The van der Waals surface area contributed by atoms with Gasteiger partial charge in [0.05, 0.1) is 23.6 Å². The third-order valence-electron chi connectivity index (χ3n) is 7.42. The van der Waals surface area contributed by atoms with Crippen LogP contribution in [0.1, 0.15) is 70.8 Å². The van der Waals surface area contributed by atoms with Gasteiger partial charge in [-0.3, -0.25) is 0 Å². The van der Waals surface area contributed by atoms with E-state index < -0.39 is 0 Å². The summed E-state index contributed by atoms with van der Waals surface area (Å²) in [4.78, 5) is 16.7. The zero-order chi connectivity index (χ0) is 23.5. The SMILES string of the molecule is COC[C@H](C)Nc1ncc2c(OC3C[C@@H](C)N(C)[C@H](C)C3)ncc(C3CCC(O)CC3)c2n1. The lowest BCUT2D eigenvalue weighted by molar-refractivity contribution is 0.0415. The molecule has 2 fully saturated rings. The van der Waals surface area contributed by atoms with E-state index in [1.807, 2.05) is 19.3 Å². The Labute approximate surface area is 197 Å². The van der Waals surface area contributed by atoms with E-state index in [4.69, 9.17) is 19.4 Å². The van der Waals surface area contributed by atoms with Crippen LogP contribution >= 0.6 is 0 Å². The van der Waals surface area contributed by atoms with Crippen molar-refractivity contribution in [1.82, 2.24) is 19.9 Å². The highest BCUT2D eigenvalue weighted by molar-refractivity contribution is 5.86. The summed E-state index contributed by atoms with van der Waals surface area (Å²) in [6, 6.07) is 1.03. The van der Waals surface area contributed by atoms with Gasteiger partial charge >= 0.3 is 0 Å². The highest BCUT2D eigenvalue weighted by Crippen LogP contribution is 2.38. The molecule has 2 aromatic heterocycles. The summed E-state index contributed by atoms with van der Waals surface area (Å²) in [5.41, 5.74) is 2.02. The van der Waals surface area contributed by atoms with Gasteiger partial charge in [-0.2, -0.15) is 0 Å². The van der Waals surface area contributed by atoms with Crippen LogP contribution in [0.25, 0.3) is 10.9 Å². The van der Waals surface area contributed by atoms with E-state index in [2.05, 4.69) is 36.1 Å². The molecule has 0 radical (unpaired) electrons. The Bertz CT molecular complexity index is 922. The fourth-order valence-electron chi connectivity index (χ4n) is 5.26. The molecule has 182 valence electrons. The predicted molar refractivity (Wildman–Crippen MR) is 130 cm³/mol. The summed E-state index contributed by atoms with van der Waals surface area (Å²) in [7, 11) is 3.87. The van der Waals surface area contributed by atoms with Gasteiger partial charge in [-0.25, -0.2) is 15.0 Å². The summed E-state index contributed by atoms with van der Waals surface area (Å²) in [6.07, 6.45) is 9.17. The second-order valence-corrected chi connectivity index (χ2v) is 10.1. The van der Waals surface area contributed by atoms with Gasteiger partial charge in [-0.15, -0.1) is 0 Å². The Hall–Kier alpha value is -2.03. The highest BCUT2D eigenvalue weighted by atomic mass is 16.5. The molecule has 0 unspecified atom stereocenters. The molecular weight excluding hydrogens is 418 g/mol. The Morgan fingerprint density at radius 3 is 2.48 bits per heavy atom. The van der Waals surface area contributed by atoms with E-state index in [1.165, 1.54) is 0 Å². The van der Waals surface area contributed by atoms with E-state index in [1.54, 1.807) is 7.11 Å². The number of hydrogen-bond acceptors (Lipinski definition) is 8. The number of anilines is 1. The third-order valence-corrected chi connectivity index (χ3v) is 7.42. The molecule has 4 rings (SSSR count). The zero-order valence-electron chi connectivity index (χ0n) is 20.6. The van der Waals surface area contributed by atoms with Crippen molar-refractivity contribution < 1.29 is 14.6 Å². The van der Waals surface area contributed by atoms with Gasteiger partial charge in [0.2, 0.25) is 11.8 Å². The van der Waals surface area contributed by atoms with Crippen LogP contribution in [0.4, 0.5) is 5.95 Å². The summed E-state index contributed by atoms with van der Waals surface area (Å²) in [6.45, 7) is 7.12. The normalized spacial score (nSPS) is 29.7. The molecule has 3 atom stereocenters. The van der Waals surface area contributed by atoms with Gasteiger partial charge in [0, 0.05) is 43.2 Å². The van der Waals surface area contributed by atoms with Gasteiger partial charge in [-0.1, -0.05) is 0 Å². The summed E-state index contributed by atoms with van der Waals surface area (Å²) < 4.78 is 11.7. The maximum absolute atomic E-state index is 9.98. The largest absolute Gasteiger partial charge is 0.474 e. The van der Waals surface area contributed by atoms with Crippen molar-refractivity contribution in [3.8, 4) is 5.88 Å². The van der Waals surface area contributed by atoms with E-state index in [0.29, 0.717) is 36.4 Å². The molecule has 1 saturated heterocycles. The van der Waals surface area contributed by atoms with Crippen molar-refractivity contribution in [2.45, 2.75) is 95.5 Å². The van der Waals surface area contributed by atoms with Crippen molar-refractivity contribution in [3.63, 3.8) is 0 Å². The van der Waals surface area contributed by atoms with Gasteiger partial charge in [0.25, 0.3) is 0 Å². The van der Waals surface area contributed by atoms with Crippen LogP contribution < -0.4 is 10.1 Å². The molecule has 8 nitrogen and oxygen atoms in total. The maximum Gasteiger partial charge on any atom is 0.224 e. The number of fused-ring (bicyclic) bond motifs is 1. The number of likely N-dealkylation sites (tertiary alicyclic amines) is 1. The minimum absolute atomic E-state index is 0.0977. The molecule has 2 aromatic rings. The van der Waals surface area contributed by atoms with Crippen LogP contribution in [-0.2, 0) is 4.74 Å². The van der Waals surface area contributed by atoms with Crippen molar-refractivity contribution in [1.29, 1.82) is 0 Å². The second-order valence-electron chi connectivity index (χ2n) is 10.1. The molecule has 1 aliphatic carbocycles. The maximum atomic E-state index is 9.98. The molecule has 33 heavy (non-hydrogen) atoms. The molecule has 8 heteroatoms. The lowest BCUT2D eigenvalue weighted by Gasteiger charge is -2.40. The highest BCUT2D eigenvalue weighted by Gasteiger charge is 2.31. The smallest absolute Gasteiger partial charge is 0.224 e. The van der Waals surface area contributed by atoms with Crippen molar-refractivity contribution >= 4 is 16.9 Å². The number of methoxy groups -OCH3 is 1. The number of hydrogen-bond donors (Lipinski definition) is 2. The Balaban J connectivity index is 1.66. The number of nitrogens with zero attached hydrogens (tertiary/aromatic N) is 4. The van der Waals surface area contributed by atoms with Gasteiger partial charge in [-0.05, 0) is 72.3 Å². The Morgan fingerprint density at radius 2 is 1.82 bits per heavy atom. The topological polar surface area (TPSA) is 92.6 Å². The lowest BCUT2D eigenvalue weighted by Crippen LogP contribution is -2.47. The van der Waals surface area contributed by atoms with Crippen LogP contribution in [0.3, 0.4) is 0 Å². The lowest BCUT2D eigenvalue weighted by atomic mass is 9.83. The average molecular weight is 458 g/mol. The van der Waals surface area contributed by atoms with Crippen molar-refractivity contribution in [2.24, 2.45) is 0 Å². The van der Waals surface area contributed by atoms with Crippen LogP contribution in [0, 0.1) is 0 Å². The number of aromatic nitrogens is 3. The van der Waals surface area contributed by atoms with Crippen molar-refractivity contribution in [3.05, 3.63) is 18.0 Å². The van der Waals surface area contributed by atoms with Crippen LogP contribution in [0.5, 0.6) is 5.88 Å². The summed E-state index contributed by atoms with van der Waals surface area (Å²) >= 11 is 0. The fourth-order valence-corrected chi connectivity index (χ4v) is 5.26. The Morgan fingerprint density at radius 1 is 1.12 bits per heavy atom. The molecule has 0 bridgehead atoms. The zero-order valence-corrected chi connectivity index (χ0v) is 20.6. The number of pyridine rings is 1. The number of nitrogens with one attached hydrogen (secondary N) is 1. The number of piperidine rings is 1. The fraction of sp³-hybridized carbons (Fsp3) is 0.720. The van der Waals surface area contributed by atoms with E-state index in [0.717, 1.165) is 55.0 Å². The molecule has 3 heterocycles. The van der Waals surface area contributed by atoms with Gasteiger partial charge < -0.3 is 24.8 Å². The average Bonchev–Trinajstić information content (AvgIpc) is 2.78. The molecule has 0 aromatic carbocycles.